The first-order chi connectivity index (χ1) is 5.83. The van der Waals surface area contributed by atoms with Crippen molar-refractivity contribution in [2.45, 2.75) is 13.3 Å². The van der Waals surface area contributed by atoms with E-state index >= 15 is 0 Å². The van der Waals surface area contributed by atoms with Crippen LogP contribution in [0, 0.1) is 0 Å². The first-order valence-electron chi connectivity index (χ1n) is 3.94. The van der Waals surface area contributed by atoms with Crippen molar-refractivity contribution >= 4 is 26.8 Å². The Morgan fingerprint density at radius 2 is 2.33 bits per heavy atom. The molecule has 0 aliphatic rings. The van der Waals surface area contributed by atoms with E-state index in [2.05, 4.69) is 33.1 Å². The van der Waals surface area contributed by atoms with Crippen LogP contribution in [0.15, 0.2) is 22.7 Å². The Hall–Kier alpha value is -0.830. The van der Waals surface area contributed by atoms with Gasteiger partial charge in [-0.25, -0.2) is 0 Å². The zero-order valence-corrected chi connectivity index (χ0v) is 8.35. The maximum atomic E-state index is 4.22. The Morgan fingerprint density at radius 1 is 1.50 bits per heavy atom. The van der Waals surface area contributed by atoms with Gasteiger partial charge in [-0.1, -0.05) is 28.9 Å². The fourth-order valence-corrected chi connectivity index (χ4v) is 1.95. The molecule has 1 aromatic carbocycles. The summed E-state index contributed by atoms with van der Waals surface area (Å²) in [7, 11) is 0. The Morgan fingerprint density at radius 3 is 3.08 bits per heavy atom. The number of aryl methyl sites for hydroxylation is 1. The zero-order valence-electron chi connectivity index (χ0n) is 6.76. The van der Waals surface area contributed by atoms with Gasteiger partial charge in [-0.2, -0.15) is 5.10 Å². The second kappa shape index (κ2) is 2.90. The molecule has 1 heterocycles. The maximum Gasteiger partial charge on any atom is 0.0709 e. The predicted molar refractivity (Wildman–Crippen MR) is 53.2 cm³/mol. The van der Waals surface area contributed by atoms with E-state index in [1.54, 1.807) is 0 Å². The summed E-state index contributed by atoms with van der Waals surface area (Å²) in [4.78, 5) is 0. The van der Waals surface area contributed by atoms with Crippen molar-refractivity contribution in [2.75, 3.05) is 0 Å². The molecule has 0 unspecified atom stereocenters. The highest BCUT2D eigenvalue weighted by Gasteiger charge is 2.05. The summed E-state index contributed by atoms with van der Waals surface area (Å²) in [5.41, 5.74) is 2.22. The van der Waals surface area contributed by atoms with Gasteiger partial charge in [0.2, 0.25) is 0 Å². The number of rotatable bonds is 1. The van der Waals surface area contributed by atoms with Crippen molar-refractivity contribution in [1.82, 2.24) is 10.2 Å². The summed E-state index contributed by atoms with van der Waals surface area (Å²) >= 11 is 3.51. The molecule has 1 aromatic heterocycles. The molecule has 0 amide bonds. The molecule has 0 radical (unpaired) electrons. The molecule has 0 aliphatic heterocycles. The number of H-pyrrole nitrogens is 1. The van der Waals surface area contributed by atoms with Crippen LogP contribution in [-0.2, 0) is 6.42 Å². The van der Waals surface area contributed by atoms with Crippen molar-refractivity contribution in [1.29, 1.82) is 0 Å². The third-order valence-corrected chi connectivity index (χ3v) is 2.61. The van der Waals surface area contributed by atoms with E-state index in [0.717, 1.165) is 22.1 Å². The molecule has 3 heteroatoms. The van der Waals surface area contributed by atoms with Crippen LogP contribution in [-0.4, -0.2) is 10.2 Å². The fourth-order valence-electron chi connectivity index (χ4n) is 1.35. The van der Waals surface area contributed by atoms with Crippen molar-refractivity contribution in [3.05, 3.63) is 28.4 Å². The molecule has 12 heavy (non-hydrogen) atoms. The Bertz CT molecular complexity index is 406. The normalized spacial score (nSPS) is 10.8. The highest BCUT2D eigenvalue weighted by Crippen LogP contribution is 2.25. The van der Waals surface area contributed by atoms with E-state index in [9.17, 15) is 0 Å². The number of nitrogens with one attached hydrogen (secondary N) is 1. The summed E-state index contributed by atoms with van der Waals surface area (Å²) in [6, 6.07) is 6.08. The topological polar surface area (TPSA) is 28.7 Å². The smallest absolute Gasteiger partial charge is 0.0709 e. The first kappa shape index (κ1) is 7.80. The molecular weight excluding hydrogens is 216 g/mol. The molecular formula is C9H9BrN2. The Balaban J connectivity index is 2.83. The summed E-state index contributed by atoms with van der Waals surface area (Å²) in [5, 5.41) is 8.43. The number of halogens is 1. The average Bonchev–Trinajstić information content (AvgIpc) is 2.49. The van der Waals surface area contributed by atoms with Crippen molar-refractivity contribution in [3.63, 3.8) is 0 Å². The van der Waals surface area contributed by atoms with E-state index in [-0.39, 0.29) is 0 Å². The number of hydrogen-bond acceptors (Lipinski definition) is 1. The zero-order chi connectivity index (χ0) is 8.55. The molecule has 2 rings (SSSR count). The third-order valence-electron chi connectivity index (χ3n) is 1.95. The minimum Gasteiger partial charge on any atom is -0.278 e. The van der Waals surface area contributed by atoms with Gasteiger partial charge >= 0.3 is 0 Å². The van der Waals surface area contributed by atoms with Crippen molar-refractivity contribution < 1.29 is 0 Å². The third kappa shape index (κ3) is 1.05. The van der Waals surface area contributed by atoms with Gasteiger partial charge < -0.3 is 0 Å². The number of aromatic amines is 1. The van der Waals surface area contributed by atoms with E-state index in [4.69, 9.17) is 0 Å². The SMILES string of the molecule is CCc1n[nH]c2cccc(Br)c12. The molecule has 0 bridgehead atoms. The summed E-state index contributed by atoms with van der Waals surface area (Å²) in [5.74, 6) is 0. The van der Waals surface area contributed by atoms with Gasteiger partial charge in [-0.3, -0.25) is 5.10 Å². The number of aromatic nitrogens is 2. The largest absolute Gasteiger partial charge is 0.278 e. The molecule has 0 saturated carbocycles. The van der Waals surface area contributed by atoms with Crippen LogP contribution in [0.4, 0.5) is 0 Å². The van der Waals surface area contributed by atoms with Gasteiger partial charge in [-0.15, -0.1) is 0 Å². The summed E-state index contributed by atoms with van der Waals surface area (Å²) in [6.07, 6.45) is 0.961. The van der Waals surface area contributed by atoms with Crippen LogP contribution < -0.4 is 0 Å². The van der Waals surface area contributed by atoms with Crippen LogP contribution in [0.25, 0.3) is 10.9 Å². The molecule has 0 fully saturated rings. The van der Waals surface area contributed by atoms with E-state index < -0.39 is 0 Å². The highest BCUT2D eigenvalue weighted by molar-refractivity contribution is 9.10. The molecule has 62 valence electrons. The van der Waals surface area contributed by atoms with Gasteiger partial charge in [0.1, 0.15) is 0 Å². The molecule has 2 aromatic rings. The summed E-state index contributed by atoms with van der Waals surface area (Å²) < 4.78 is 1.12. The summed E-state index contributed by atoms with van der Waals surface area (Å²) in [6.45, 7) is 2.11. The van der Waals surface area contributed by atoms with Gasteiger partial charge in [0.25, 0.3) is 0 Å². The van der Waals surface area contributed by atoms with Crippen molar-refractivity contribution in [2.24, 2.45) is 0 Å². The van der Waals surface area contributed by atoms with E-state index in [1.165, 1.54) is 5.39 Å². The number of nitrogens with zero attached hydrogens (tertiary/aromatic N) is 1. The van der Waals surface area contributed by atoms with E-state index in [1.807, 2.05) is 18.2 Å². The van der Waals surface area contributed by atoms with Gasteiger partial charge in [0, 0.05) is 9.86 Å². The molecule has 0 atom stereocenters. The quantitative estimate of drug-likeness (QED) is 0.794. The lowest BCUT2D eigenvalue weighted by molar-refractivity contribution is 0.988. The van der Waals surface area contributed by atoms with E-state index in [0.29, 0.717) is 0 Å². The highest BCUT2D eigenvalue weighted by atomic mass is 79.9. The monoisotopic (exact) mass is 224 g/mol. The molecule has 0 saturated heterocycles. The lowest BCUT2D eigenvalue weighted by atomic mass is 10.2. The fraction of sp³-hybridized carbons (Fsp3) is 0.222. The first-order valence-corrected chi connectivity index (χ1v) is 4.73. The van der Waals surface area contributed by atoms with Crippen LogP contribution in [0.2, 0.25) is 0 Å². The van der Waals surface area contributed by atoms with Gasteiger partial charge in [-0.05, 0) is 18.6 Å². The minimum atomic E-state index is 0.961. The Kier molecular flexibility index (Phi) is 1.89. The molecule has 1 N–H and O–H groups in total. The van der Waals surface area contributed by atoms with Crippen LogP contribution in [0.3, 0.4) is 0 Å². The van der Waals surface area contributed by atoms with Crippen LogP contribution in [0.5, 0.6) is 0 Å². The lowest BCUT2D eigenvalue weighted by Crippen LogP contribution is -1.79. The average molecular weight is 225 g/mol. The molecule has 0 aliphatic carbocycles. The van der Waals surface area contributed by atoms with Gasteiger partial charge in [0.05, 0.1) is 11.2 Å². The van der Waals surface area contributed by atoms with Crippen molar-refractivity contribution in [3.8, 4) is 0 Å². The van der Waals surface area contributed by atoms with Crippen LogP contribution >= 0.6 is 15.9 Å². The van der Waals surface area contributed by atoms with Crippen LogP contribution in [0.1, 0.15) is 12.6 Å². The standard InChI is InChI=1S/C9H9BrN2/c1-2-7-9-6(10)4-3-5-8(9)12-11-7/h3-5H,2H2,1H3,(H,11,12). The number of benzene rings is 1. The molecule has 0 spiro atoms. The second-order valence-electron chi connectivity index (χ2n) is 2.69. The number of fused-ring (bicyclic) bond motifs is 1. The minimum absolute atomic E-state index is 0.961. The van der Waals surface area contributed by atoms with Gasteiger partial charge in [0.15, 0.2) is 0 Å². The lowest BCUT2D eigenvalue weighted by Gasteiger charge is -1.94. The maximum absolute atomic E-state index is 4.22. The second-order valence-corrected chi connectivity index (χ2v) is 3.54. The Labute approximate surface area is 79.1 Å². The predicted octanol–water partition coefficient (Wildman–Crippen LogP) is 2.89. The molecule has 2 nitrogen and oxygen atoms in total. The number of hydrogen-bond donors (Lipinski definition) is 1.